The van der Waals surface area contributed by atoms with Crippen LogP contribution < -0.4 is 16.2 Å². The van der Waals surface area contributed by atoms with E-state index in [1.165, 1.54) is 36.9 Å². The molecule has 0 fully saturated rings. The second kappa shape index (κ2) is 11.9. The van der Waals surface area contributed by atoms with E-state index in [4.69, 9.17) is 11.6 Å². The molecule has 0 aliphatic heterocycles. The normalized spacial score (nSPS) is 10.9. The molecule has 4 rings (SSSR count). The van der Waals surface area contributed by atoms with Crippen molar-refractivity contribution in [1.29, 1.82) is 0 Å². The van der Waals surface area contributed by atoms with Crippen molar-refractivity contribution in [2.24, 2.45) is 0 Å². The molecule has 0 unspecified atom stereocenters. The lowest BCUT2D eigenvalue weighted by atomic mass is 10.1. The Morgan fingerprint density at radius 1 is 1.03 bits per heavy atom. The average molecular weight is 547 g/mol. The van der Waals surface area contributed by atoms with Gasteiger partial charge < -0.3 is 20.6 Å². The number of phenolic OH excluding ortho intramolecular Hbond substituents is 1. The Morgan fingerprint density at radius 2 is 1.77 bits per heavy atom. The number of benzene rings is 2. The fourth-order valence-electron chi connectivity index (χ4n) is 3.80. The number of pyridine rings is 1. The number of phenols is 1. The summed E-state index contributed by atoms with van der Waals surface area (Å²) in [5, 5.41) is 16.3. The van der Waals surface area contributed by atoms with Gasteiger partial charge in [-0.2, -0.15) is 0 Å². The third-order valence-electron chi connectivity index (χ3n) is 5.86. The molecule has 2 aromatic carbocycles. The molecule has 2 heterocycles. The molecule has 10 nitrogen and oxygen atoms in total. The van der Waals surface area contributed by atoms with Gasteiger partial charge in [0, 0.05) is 31.0 Å². The molecule has 3 N–H and O–H groups in total. The fourth-order valence-corrected chi connectivity index (χ4v) is 3.91. The Kier molecular flexibility index (Phi) is 8.38. The fraction of sp³-hybridized carbons (Fsp3) is 0.179. The zero-order valence-corrected chi connectivity index (χ0v) is 22.4. The van der Waals surface area contributed by atoms with E-state index in [1.807, 2.05) is 19.0 Å². The molecule has 39 heavy (non-hydrogen) atoms. The number of amides is 2. The van der Waals surface area contributed by atoms with Gasteiger partial charge in [0.1, 0.15) is 17.1 Å². The molecule has 0 bridgehead atoms. The Labute approximate surface area is 229 Å². The van der Waals surface area contributed by atoms with Crippen molar-refractivity contribution in [2.75, 3.05) is 31.3 Å². The quantitative estimate of drug-likeness (QED) is 0.284. The van der Waals surface area contributed by atoms with Crippen LogP contribution >= 0.6 is 11.6 Å². The zero-order valence-electron chi connectivity index (χ0n) is 21.6. The first-order chi connectivity index (χ1) is 18.6. The van der Waals surface area contributed by atoms with Gasteiger partial charge in [0.15, 0.2) is 0 Å². The van der Waals surface area contributed by atoms with Crippen molar-refractivity contribution in [1.82, 2.24) is 19.4 Å². The monoisotopic (exact) mass is 546 g/mol. The molecule has 0 aliphatic rings. The summed E-state index contributed by atoms with van der Waals surface area (Å²) in [5.74, 6) is -1.27. The molecular formula is C28H27ClN6O4. The van der Waals surface area contributed by atoms with Crippen LogP contribution in [0, 0.1) is 6.92 Å². The van der Waals surface area contributed by atoms with E-state index in [1.54, 1.807) is 41.8 Å². The summed E-state index contributed by atoms with van der Waals surface area (Å²) in [5.41, 5.74) is 2.16. The summed E-state index contributed by atoms with van der Waals surface area (Å²) < 4.78 is 1.55. The second-order valence-electron chi connectivity index (χ2n) is 9.16. The van der Waals surface area contributed by atoms with Gasteiger partial charge in [-0.3, -0.25) is 19.0 Å². The van der Waals surface area contributed by atoms with Crippen LogP contribution in [0.15, 0.2) is 72.0 Å². The van der Waals surface area contributed by atoms with Crippen LogP contribution in [0.5, 0.6) is 5.75 Å². The molecule has 200 valence electrons. The first-order valence-corrected chi connectivity index (χ1v) is 12.4. The predicted octanol–water partition coefficient (Wildman–Crippen LogP) is 4.04. The SMILES string of the molecule is Cc1cc(O)c(NC(=O)c2ccc(-c3cncn(CCN(C)C)c3=O)cc2)c(NC(=O)c2ccc(Cl)cn2)c1. The van der Waals surface area contributed by atoms with E-state index in [0.717, 1.165) is 0 Å². The van der Waals surface area contributed by atoms with Gasteiger partial charge in [0.05, 0.1) is 22.6 Å². The molecule has 0 saturated carbocycles. The summed E-state index contributed by atoms with van der Waals surface area (Å²) in [4.78, 5) is 48.8. The zero-order chi connectivity index (χ0) is 28.1. The van der Waals surface area contributed by atoms with Gasteiger partial charge in [-0.05, 0) is 68.5 Å². The largest absolute Gasteiger partial charge is 0.506 e. The molecule has 0 radical (unpaired) electrons. The van der Waals surface area contributed by atoms with Gasteiger partial charge in [0.25, 0.3) is 17.4 Å². The van der Waals surface area contributed by atoms with Gasteiger partial charge in [-0.25, -0.2) is 9.97 Å². The summed E-state index contributed by atoms with van der Waals surface area (Å²) in [6.07, 6.45) is 4.35. The maximum absolute atomic E-state index is 13.1. The highest BCUT2D eigenvalue weighted by Crippen LogP contribution is 2.34. The Bertz CT molecular complexity index is 1570. The Hall–Kier alpha value is -4.54. The number of carbonyl (C=O) groups excluding carboxylic acids is 2. The maximum Gasteiger partial charge on any atom is 0.274 e. The molecule has 0 atom stereocenters. The van der Waals surface area contributed by atoms with Gasteiger partial charge in [0.2, 0.25) is 0 Å². The molecule has 0 aliphatic carbocycles. The standard InChI is InChI=1S/C28H27ClN6O4/c1-17-12-23(32-27(38)22-9-8-20(29)14-31-22)25(24(36)13-17)33-26(37)19-6-4-18(5-7-19)21-15-30-16-35(28(21)39)11-10-34(2)3/h4-9,12-16,36H,10-11H2,1-3H3,(H,32,38)(H,33,37). The number of halogens is 1. The number of rotatable bonds is 8. The maximum atomic E-state index is 13.1. The lowest BCUT2D eigenvalue weighted by Crippen LogP contribution is -2.27. The van der Waals surface area contributed by atoms with Crippen LogP contribution in [0.25, 0.3) is 11.1 Å². The predicted molar refractivity (Wildman–Crippen MR) is 150 cm³/mol. The third kappa shape index (κ3) is 6.67. The number of aryl methyl sites for hydroxylation is 1. The summed E-state index contributed by atoms with van der Waals surface area (Å²) in [6.45, 7) is 2.93. The minimum Gasteiger partial charge on any atom is -0.506 e. The van der Waals surface area contributed by atoms with Crippen LogP contribution in [0.4, 0.5) is 11.4 Å². The Balaban J connectivity index is 1.54. The highest BCUT2D eigenvalue weighted by atomic mass is 35.5. The highest BCUT2D eigenvalue weighted by molar-refractivity contribution is 6.30. The molecule has 2 aromatic heterocycles. The first-order valence-electron chi connectivity index (χ1n) is 12.0. The van der Waals surface area contributed by atoms with Crippen molar-refractivity contribution in [3.05, 3.63) is 99.4 Å². The van der Waals surface area contributed by atoms with Crippen LogP contribution in [0.1, 0.15) is 26.4 Å². The smallest absolute Gasteiger partial charge is 0.274 e. The van der Waals surface area contributed by atoms with E-state index in [0.29, 0.717) is 34.8 Å². The van der Waals surface area contributed by atoms with E-state index in [-0.39, 0.29) is 33.9 Å². The van der Waals surface area contributed by atoms with E-state index in [9.17, 15) is 19.5 Å². The minimum atomic E-state index is -0.538. The molecular weight excluding hydrogens is 520 g/mol. The van der Waals surface area contributed by atoms with Crippen molar-refractivity contribution >= 4 is 34.8 Å². The topological polar surface area (TPSA) is 129 Å². The molecule has 2 amide bonds. The molecule has 0 saturated heterocycles. The van der Waals surface area contributed by atoms with Gasteiger partial charge >= 0.3 is 0 Å². The number of hydrogen-bond acceptors (Lipinski definition) is 7. The number of nitrogens with one attached hydrogen (secondary N) is 2. The first kappa shape index (κ1) is 27.5. The van der Waals surface area contributed by atoms with Crippen molar-refractivity contribution in [3.8, 4) is 16.9 Å². The van der Waals surface area contributed by atoms with Crippen molar-refractivity contribution < 1.29 is 14.7 Å². The molecule has 11 heteroatoms. The van der Waals surface area contributed by atoms with Gasteiger partial charge in [-0.1, -0.05) is 23.7 Å². The molecule has 0 spiro atoms. The van der Waals surface area contributed by atoms with Gasteiger partial charge in [-0.15, -0.1) is 0 Å². The average Bonchev–Trinajstić information content (AvgIpc) is 2.90. The van der Waals surface area contributed by atoms with Crippen molar-refractivity contribution in [2.45, 2.75) is 13.5 Å². The van der Waals surface area contributed by atoms with Crippen LogP contribution in [0.3, 0.4) is 0 Å². The van der Waals surface area contributed by atoms with Crippen LogP contribution in [-0.2, 0) is 6.54 Å². The number of nitrogens with zero attached hydrogens (tertiary/aromatic N) is 4. The lowest BCUT2D eigenvalue weighted by Gasteiger charge is -2.15. The van der Waals surface area contributed by atoms with Crippen LogP contribution in [0.2, 0.25) is 5.02 Å². The second-order valence-corrected chi connectivity index (χ2v) is 9.60. The number of aromatic hydroxyl groups is 1. The number of anilines is 2. The van der Waals surface area contributed by atoms with Crippen molar-refractivity contribution in [3.63, 3.8) is 0 Å². The minimum absolute atomic E-state index is 0.0352. The van der Waals surface area contributed by atoms with E-state index >= 15 is 0 Å². The van der Waals surface area contributed by atoms with E-state index in [2.05, 4.69) is 20.6 Å². The number of likely N-dealkylation sites (N-methyl/N-ethyl adjacent to an activating group) is 1. The Morgan fingerprint density at radius 3 is 2.44 bits per heavy atom. The lowest BCUT2D eigenvalue weighted by molar-refractivity contribution is 0.101. The summed E-state index contributed by atoms with van der Waals surface area (Å²) in [7, 11) is 3.85. The third-order valence-corrected chi connectivity index (χ3v) is 6.08. The van der Waals surface area contributed by atoms with Crippen LogP contribution in [-0.4, -0.2) is 57.0 Å². The molecule has 4 aromatic rings. The summed E-state index contributed by atoms with van der Waals surface area (Å²) in [6, 6.07) is 12.6. The number of hydrogen-bond donors (Lipinski definition) is 3. The van der Waals surface area contributed by atoms with E-state index < -0.39 is 11.8 Å². The number of aromatic nitrogens is 3. The number of carbonyl (C=O) groups is 2. The highest BCUT2D eigenvalue weighted by Gasteiger charge is 2.18. The summed E-state index contributed by atoms with van der Waals surface area (Å²) >= 11 is 5.85.